The fourth-order valence-corrected chi connectivity index (χ4v) is 3.43. The highest BCUT2D eigenvalue weighted by Gasteiger charge is 2.16. The van der Waals surface area contributed by atoms with Gasteiger partial charge in [0.15, 0.2) is 0 Å². The summed E-state index contributed by atoms with van der Waals surface area (Å²) in [6, 6.07) is 10.8. The third-order valence-corrected chi connectivity index (χ3v) is 5.03. The third kappa shape index (κ3) is 4.58. The molecule has 1 saturated carbocycles. The van der Waals surface area contributed by atoms with E-state index in [0.717, 1.165) is 11.3 Å². The van der Waals surface area contributed by atoms with Crippen LogP contribution in [0.3, 0.4) is 0 Å². The van der Waals surface area contributed by atoms with E-state index in [-0.39, 0.29) is 24.0 Å². The molecule has 0 heterocycles. The van der Waals surface area contributed by atoms with Gasteiger partial charge in [-0.15, -0.1) is 0 Å². The maximum absolute atomic E-state index is 12.5. The number of hydrogen-bond acceptors (Lipinski definition) is 4. The number of aromatic hydroxyl groups is 1. The molecule has 1 aliphatic carbocycles. The zero-order valence-corrected chi connectivity index (χ0v) is 15.5. The van der Waals surface area contributed by atoms with Crippen LogP contribution >= 0.6 is 0 Å². The number of phenolic OH excluding ortho intramolecular Hbond substituents is 1. The molecule has 0 aliphatic heterocycles. The molecule has 0 spiro atoms. The Labute approximate surface area is 159 Å². The molecule has 1 fully saturated rings. The van der Waals surface area contributed by atoms with Crippen LogP contribution in [-0.4, -0.2) is 22.9 Å². The van der Waals surface area contributed by atoms with Crippen LogP contribution in [0.2, 0.25) is 0 Å². The molecule has 3 rings (SSSR count). The molecule has 142 valence electrons. The molecule has 0 aromatic heterocycles. The zero-order valence-electron chi connectivity index (χ0n) is 15.5. The number of phenols is 1. The Morgan fingerprint density at radius 3 is 2.56 bits per heavy atom. The van der Waals surface area contributed by atoms with Crippen LogP contribution in [0.1, 0.15) is 52.7 Å². The summed E-state index contributed by atoms with van der Waals surface area (Å²) in [4.78, 5) is 12.5. The second-order valence-electron chi connectivity index (χ2n) is 7.10. The molecule has 6 heteroatoms. The molecule has 27 heavy (non-hydrogen) atoms. The number of carbonyl (C=O) groups excluding carboxylic acids is 1. The lowest BCUT2D eigenvalue weighted by Crippen LogP contribution is -2.23. The van der Waals surface area contributed by atoms with Crippen molar-refractivity contribution in [2.24, 2.45) is 5.73 Å². The predicted molar refractivity (Wildman–Crippen MR) is 107 cm³/mol. The number of amides is 1. The summed E-state index contributed by atoms with van der Waals surface area (Å²) in [6.45, 7) is 2.16. The molecule has 0 unspecified atom stereocenters. The van der Waals surface area contributed by atoms with Crippen LogP contribution in [0.15, 0.2) is 36.4 Å². The lowest BCUT2D eigenvalue weighted by molar-refractivity contribution is 0.0950. The van der Waals surface area contributed by atoms with E-state index in [9.17, 15) is 9.90 Å². The number of rotatable bonds is 6. The predicted octanol–water partition coefficient (Wildman–Crippen LogP) is 3.27. The molecule has 0 saturated heterocycles. The van der Waals surface area contributed by atoms with Gasteiger partial charge in [-0.05, 0) is 61.7 Å². The van der Waals surface area contributed by atoms with Crippen molar-refractivity contribution in [3.63, 3.8) is 0 Å². The molecule has 2 aromatic carbocycles. The molecule has 2 aromatic rings. The Kier molecular flexibility index (Phi) is 5.64. The number of benzene rings is 2. The lowest BCUT2D eigenvalue weighted by Gasteiger charge is -2.16. The monoisotopic (exact) mass is 366 g/mol. The van der Waals surface area contributed by atoms with Gasteiger partial charge in [-0.3, -0.25) is 10.2 Å². The first-order valence-corrected chi connectivity index (χ1v) is 9.25. The van der Waals surface area contributed by atoms with Crippen LogP contribution in [0.25, 0.3) is 0 Å². The van der Waals surface area contributed by atoms with Gasteiger partial charge in [-0.1, -0.05) is 12.8 Å². The molecule has 1 amide bonds. The SMILES string of the molecule is Cc1cc(C(=O)NCc2cc(C(=N)N)ccc2O)ccc1NC1CCCC1. The number of carbonyl (C=O) groups is 1. The van der Waals surface area contributed by atoms with Gasteiger partial charge in [-0.2, -0.15) is 0 Å². The minimum Gasteiger partial charge on any atom is -0.508 e. The Balaban J connectivity index is 1.65. The molecule has 0 radical (unpaired) electrons. The molecular formula is C21H26N4O2. The molecule has 0 atom stereocenters. The third-order valence-electron chi connectivity index (χ3n) is 5.03. The summed E-state index contributed by atoms with van der Waals surface area (Å²) >= 11 is 0. The van der Waals surface area contributed by atoms with Crippen LogP contribution in [0.5, 0.6) is 5.75 Å². The van der Waals surface area contributed by atoms with Crippen LogP contribution in [0.4, 0.5) is 5.69 Å². The van der Waals surface area contributed by atoms with Crippen molar-refractivity contribution >= 4 is 17.4 Å². The number of nitrogens with one attached hydrogen (secondary N) is 3. The van der Waals surface area contributed by atoms with E-state index >= 15 is 0 Å². The standard InChI is InChI=1S/C21H26N4O2/c1-13-10-15(6-8-18(13)25-17-4-2-3-5-17)21(27)24-12-16-11-14(20(22)23)7-9-19(16)26/h6-11,17,25-26H,2-5,12H2,1H3,(H3,22,23)(H,24,27). The van der Waals surface area contributed by atoms with E-state index in [1.165, 1.54) is 31.7 Å². The number of nitrogen functional groups attached to an aromatic ring is 1. The van der Waals surface area contributed by atoms with Crippen molar-refractivity contribution < 1.29 is 9.90 Å². The van der Waals surface area contributed by atoms with Crippen LogP contribution in [-0.2, 0) is 6.54 Å². The van der Waals surface area contributed by atoms with Crippen molar-refractivity contribution in [1.82, 2.24) is 5.32 Å². The van der Waals surface area contributed by atoms with Gasteiger partial charge in [0.2, 0.25) is 0 Å². The normalized spacial score (nSPS) is 14.1. The smallest absolute Gasteiger partial charge is 0.251 e. The molecule has 6 N–H and O–H groups in total. The van der Waals surface area contributed by atoms with Gasteiger partial charge in [0, 0.05) is 35.0 Å². The zero-order chi connectivity index (χ0) is 19.4. The van der Waals surface area contributed by atoms with Gasteiger partial charge < -0.3 is 21.5 Å². The largest absolute Gasteiger partial charge is 0.508 e. The highest BCUT2D eigenvalue weighted by molar-refractivity contribution is 5.96. The summed E-state index contributed by atoms with van der Waals surface area (Å²) < 4.78 is 0. The Hall–Kier alpha value is -3.02. The second-order valence-corrected chi connectivity index (χ2v) is 7.10. The Morgan fingerprint density at radius 1 is 1.19 bits per heavy atom. The van der Waals surface area contributed by atoms with Gasteiger partial charge in [0.05, 0.1) is 0 Å². The van der Waals surface area contributed by atoms with E-state index < -0.39 is 0 Å². The number of hydrogen-bond donors (Lipinski definition) is 5. The van der Waals surface area contributed by atoms with Gasteiger partial charge >= 0.3 is 0 Å². The van der Waals surface area contributed by atoms with Crippen molar-refractivity contribution in [2.75, 3.05) is 5.32 Å². The van der Waals surface area contributed by atoms with E-state index in [1.54, 1.807) is 12.1 Å². The topological polar surface area (TPSA) is 111 Å². The van der Waals surface area contributed by atoms with Gasteiger partial charge in [0.1, 0.15) is 11.6 Å². The number of aryl methyl sites for hydroxylation is 1. The van der Waals surface area contributed by atoms with Crippen molar-refractivity contribution in [3.05, 3.63) is 58.7 Å². The molecular weight excluding hydrogens is 340 g/mol. The van der Waals surface area contributed by atoms with Crippen LogP contribution < -0.4 is 16.4 Å². The Bertz CT molecular complexity index is 857. The van der Waals surface area contributed by atoms with E-state index in [2.05, 4.69) is 10.6 Å². The minimum atomic E-state index is -0.210. The summed E-state index contributed by atoms with van der Waals surface area (Å²) in [5.41, 5.74) is 9.20. The summed E-state index contributed by atoms with van der Waals surface area (Å²) in [5.74, 6) is -0.228. The first-order chi connectivity index (χ1) is 12.9. The van der Waals surface area contributed by atoms with Crippen molar-refractivity contribution in [1.29, 1.82) is 5.41 Å². The number of amidine groups is 1. The second kappa shape index (κ2) is 8.12. The van der Waals surface area contributed by atoms with Gasteiger partial charge in [0.25, 0.3) is 5.91 Å². The maximum atomic E-state index is 12.5. The summed E-state index contributed by atoms with van der Waals surface area (Å²) in [5, 5.41) is 23.8. The maximum Gasteiger partial charge on any atom is 0.251 e. The quantitative estimate of drug-likeness (QED) is 0.399. The minimum absolute atomic E-state index is 0.0626. The van der Waals surface area contributed by atoms with E-state index in [0.29, 0.717) is 22.7 Å². The van der Waals surface area contributed by atoms with Gasteiger partial charge in [-0.25, -0.2) is 0 Å². The lowest BCUT2D eigenvalue weighted by atomic mass is 10.1. The van der Waals surface area contributed by atoms with Crippen molar-refractivity contribution in [3.8, 4) is 5.75 Å². The fourth-order valence-electron chi connectivity index (χ4n) is 3.43. The van der Waals surface area contributed by atoms with E-state index in [1.807, 2.05) is 25.1 Å². The first-order valence-electron chi connectivity index (χ1n) is 9.25. The fraction of sp³-hybridized carbons (Fsp3) is 0.333. The summed E-state index contributed by atoms with van der Waals surface area (Å²) in [6.07, 6.45) is 4.94. The molecule has 0 bridgehead atoms. The van der Waals surface area contributed by atoms with Crippen LogP contribution in [0, 0.1) is 12.3 Å². The molecule has 1 aliphatic rings. The summed E-state index contributed by atoms with van der Waals surface area (Å²) in [7, 11) is 0. The Morgan fingerprint density at radius 2 is 1.89 bits per heavy atom. The first kappa shape index (κ1) is 18.8. The average molecular weight is 366 g/mol. The number of anilines is 1. The highest BCUT2D eigenvalue weighted by Crippen LogP contribution is 2.25. The molecule has 6 nitrogen and oxygen atoms in total. The van der Waals surface area contributed by atoms with Crippen molar-refractivity contribution in [2.45, 2.75) is 45.2 Å². The average Bonchev–Trinajstić information content (AvgIpc) is 3.15. The number of nitrogens with two attached hydrogens (primary N) is 1. The van der Waals surface area contributed by atoms with E-state index in [4.69, 9.17) is 11.1 Å². The highest BCUT2D eigenvalue weighted by atomic mass is 16.3.